The number of thiophene rings is 1. The minimum absolute atomic E-state index is 0.0201. The fourth-order valence-corrected chi connectivity index (χ4v) is 8.71. The Morgan fingerprint density at radius 1 is 0.961 bits per heavy atom. The number of piperazine rings is 1. The molecule has 274 valence electrons. The summed E-state index contributed by atoms with van der Waals surface area (Å²) in [5.74, 6) is -0.146. The zero-order chi connectivity index (χ0) is 35.6. The summed E-state index contributed by atoms with van der Waals surface area (Å²) in [5, 5.41) is 9.06. The molecule has 2 aromatic carbocycles. The monoisotopic (exact) mass is 734 g/mol. The van der Waals surface area contributed by atoms with Crippen molar-refractivity contribution in [2.45, 2.75) is 82.6 Å². The van der Waals surface area contributed by atoms with E-state index >= 15 is 0 Å². The van der Waals surface area contributed by atoms with Gasteiger partial charge in [-0.2, -0.15) is 0 Å². The van der Waals surface area contributed by atoms with Gasteiger partial charge in [0.2, 0.25) is 11.8 Å². The molecule has 2 aliphatic heterocycles. The van der Waals surface area contributed by atoms with Crippen LogP contribution in [0.15, 0.2) is 72.1 Å². The number of ether oxygens (including phenoxy) is 1. The maximum atomic E-state index is 14.5. The van der Waals surface area contributed by atoms with Gasteiger partial charge in [0.05, 0.1) is 24.2 Å². The van der Waals surface area contributed by atoms with E-state index in [1.807, 2.05) is 17.5 Å². The molecule has 3 fully saturated rings. The second-order valence-corrected chi connectivity index (χ2v) is 15.8. The van der Waals surface area contributed by atoms with Gasteiger partial charge < -0.3 is 30.9 Å². The Balaban J connectivity index is 1.11. The van der Waals surface area contributed by atoms with Crippen LogP contribution in [0.25, 0.3) is 0 Å². The van der Waals surface area contributed by atoms with Crippen molar-refractivity contribution in [1.29, 1.82) is 0 Å². The van der Waals surface area contributed by atoms with E-state index in [4.69, 9.17) is 22.1 Å². The highest BCUT2D eigenvalue weighted by Crippen LogP contribution is 2.44. The van der Waals surface area contributed by atoms with Crippen LogP contribution in [0.1, 0.15) is 61.8 Å². The second kappa shape index (κ2) is 17.8. The third-order valence-electron chi connectivity index (χ3n) is 10.8. The van der Waals surface area contributed by atoms with Crippen LogP contribution in [-0.4, -0.2) is 90.0 Å². The molecule has 1 aromatic heterocycles. The summed E-state index contributed by atoms with van der Waals surface area (Å²) in [6.45, 7) is 4.63. The third-order valence-corrected chi connectivity index (χ3v) is 12.0. The molecule has 0 bridgehead atoms. The highest BCUT2D eigenvalue weighted by atomic mass is 35.5. The first-order valence-electron chi connectivity index (χ1n) is 18.4. The van der Waals surface area contributed by atoms with Gasteiger partial charge in [0.1, 0.15) is 6.04 Å². The topological polar surface area (TPSA) is 120 Å². The number of benzene rings is 2. The van der Waals surface area contributed by atoms with E-state index in [2.05, 4.69) is 45.9 Å². The van der Waals surface area contributed by atoms with Gasteiger partial charge >= 0.3 is 6.09 Å². The Hall–Kier alpha value is -3.48. The molecule has 51 heavy (non-hydrogen) atoms. The number of rotatable bonds is 13. The molecule has 1 saturated carbocycles. The number of amides is 3. The minimum atomic E-state index is -0.868. The van der Waals surface area contributed by atoms with Crippen LogP contribution in [-0.2, 0) is 22.7 Å². The first kappa shape index (κ1) is 37.3. The molecule has 3 aliphatic rings. The molecule has 0 radical (unpaired) electrons. The average molecular weight is 735 g/mol. The van der Waals surface area contributed by atoms with Gasteiger partial charge in [-0.05, 0) is 92.6 Å². The summed E-state index contributed by atoms with van der Waals surface area (Å²) < 4.78 is 5.61. The summed E-state index contributed by atoms with van der Waals surface area (Å²) in [4.78, 5) is 48.3. The first-order chi connectivity index (χ1) is 24.8. The number of carbonyl (C=O) groups is 3. The lowest BCUT2D eigenvalue weighted by Gasteiger charge is -2.43. The number of nitrogens with two attached hydrogens (primary N) is 1. The number of halogens is 1. The van der Waals surface area contributed by atoms with Crippen LogP contribution >= 0.6 is 22.9 Å². The normalized spacial score (nSPS) is 22.9. The van der Waals surface area contributed by atoms with Gasteiger partial charge in [0, 0.05) is 37.1 Å². The zero-order valence-corrected chi connectivity index (χ0v) is 30.9. The zero-order valence-electron chi connectivity index (χ0n) is 29.3. The molecular formula is C39H51ClN6O4S. The lowest BCUT2D eigenvalue weighted by molar-refractivity contribution is -0.145. The van der Waals surface area contributed by atoms with Crippen LogP contribution in [0.4, 0.5) is 4.79 Å². The summed E-state index contributed by atoms with van der Waals surface area (Å²) >= 11 is 7.80. The van der Waals surface area contributed by atoms with Crippen LogP contribution < -0.4 is 21.1 Å². The minimum Gasteiger partial charge on any atom is -0.409 e. The van der Waals surface area contributed by atoms with Crippen molar-refractivity contribution in [3.05, 3.63) is 87.6 Å². The first-order valence-corrected chi connectivity index (χ1v) is 19.6. The average Bonchev–Trinajstić information content (AvgIpc) is 3.82. The highest BCUT2D eigenvalue weighted by molar-refractivity contribution is 7.09. The maximum Gasteiger partial charge on any atom is 0.415 e. The van der Waals surface area contributed by atoms with E-state index in [9.17, 15) is 14.4 Å². The summed E-state index contributed by atoms with van der Waals surface area (Å²) in [6, 6.07) is 20.3. The number of unbranched alkanes of at least 4 members (excludes halogenated alkanes) is 1. The second-order valence-electron chi connectivity index (χ2n) is 14.3. The molecule has 3 aromatic rings. The van der Waals surface area contributed by atoms with Crippen molar-refractivity contribution in [2.24, 2.45) is 11.1 Å². The molecule has 2 saturated heterocycles. The van der Waals surface area contributed by atoms with E-state index < -0.39 is 18.2 Å². The van der Waals surface area contributed by atoms with Crippen LogP contribution in [0.3, 0.4) is 0 Å². The Labute approximate surface area is 310 Å². The maximum absolute atomic E-state index is 14.5. The largest absolute Gasteiger partial charge is 0.415 e. The number of carbonyl (C=O) groups excluding carboxylic acids is 3. The van der Waals surface area contributed by atoms with Crippen LogP contribution in [0, 0.1) is 5.41 Å². The summed E-state index contributed by atoms with van der Waals surface area (Å²) in [6.07, 6.45) is 7.21. The van der Waals surface area contributed by atoms with Crippen molar-refractivity contribution < 1.29 is 19.1 Å². The number of nitrogens with one attached hydrogen (secondary N) is 2. The van der Waals surface area contributed by atoms with Gasteiger partial charge in [0.25, 0.3) is 0 Å². The van der Waals surface area contributed by atoms with Gasteiger partial charge in [-0.3, -0.25) is 14.5 Å². The van der Waals surface area contributed by atoms with Gasteiger partial charge in [-0.15, -0.1) is 11.3 Å². The van der Waals surface area contributed by atoms with Crippen LogP contribution in [0.2, 0.25) is 5.02 Å². The predicted molar refractivity (Wildman–Crippen MR) is 202 cm³/mol. The van der Waals surface area contributed by atoms with Crippen molar-refractivity contribution in [1.82, 2.24) is 25.3 Å². The van der Waals surface area contributed by atoms with Crippen LogP contribution in [0.5, 0.6) is 5.75 Å². The van der Waals surface area contributed by atoms with Gasteiger partial charge in [0.15, 0.2) is 5.75 Å². The number of hydrogen-bond acceptors (Lipinski definition) is 8. The Kier molecular flexibility index (Phi) is 13.0. The van der Waals surface area contributed by atoms with Crippen molar-refractivity contribution >= 4 is 40.8 Å². The summed E-state index contributed by atoms with van der Waals surface area (Å²) in [5.41, 5.74) is 7.56. The SMILES string of the molecule is NCCCC[C@@H](NC1CCC2(CC1)CCN(Cc1ccccc1)C2)C(=O)N1CCN(C(=O)Oc2ccccc2Cl)C[C@H]1C(=O)NCc1cccs1. The molecule has 10 nitrogen and oxygen atoms in total. The number of likely N-dealkylation sites (tertiary alicyclic amines) is 1. The Bertz CT molecular complexity index is 1590. The summed E-state index contributed by atoms with van der Waals surface area (Å²) in [7, 11) is 0. The molecule has 1 aliphatic carbocycles. The standard InChI is InChI=1S/C39H51ClN6O4S/c40-32-12-4-5-14-35(32)50-38(49)45-22-23-46(34(27-45)36(47)42-25-31-11-8-24-51-31)37(48)33(13-6-7-20-41)43-30-15-17-39(18-16-30)19-21-44(28-39)26-29-9-2-1-3-10-29/h1-5,8-12,14,24,30,33-34,43H,6-7,13,15-23,25-28,41H2,(H,42,47)/t30?,33-,34+,39?/m1/s1. The van der Waals surface area contributed by atoms with E-state index in [1.54, 1.807) is 40.5 Å². The Morgan fingerprint density at radius 2 is 1.75 bits per heavy atom. The quantitative estimate of drug-likeness (QED) is 0.194. The molecule has 12 heteroatoms. The molecule has 4 N–H and O–H groups in total. The fourth-order valence-electron chi connectivity index (χ4n) is 7.89. The van der Waals surface area contributed by atoms with Gasteiger partial charge in [-0.1, -0.05) is 66.6 Å². The number of para-hydroxylation sites is 1. The van der Waals surface area contributed by atoms with E-state index in [-0.39, 0.29) is 43.2 Å². The van der Waals surface area contributed by atoms with Crippen molar-refractivity contribution in [2.75, 3.05) is 39.3 Å². The molecular weight excluding hydrogens is 684 g/mol. The van der Waals surface area contributed by atoms with Crippen molar-refractivity contribution in [3.63, 3.8) is 0 Å². The Morgan fingerprint density at radius 3 is 2.49 bits per heavy atom. The lowest BCUT2D eigenvalue weighted by atomic mass is 9.72. The smallest absolute Gasteiger partial charge is 0.409 e. The van der Waals surface area contributed by atoms with E-state index in [0.29, 0.717) is 29.9 Å². The lowest BCUT2D eigenvalue weighted by Crippen LogP contribution is -2.64. The predicted octanol–water partition coefficient (Wildman–Crippen LogP) is 5.65. The molecule has 1 spiro atoms. The third kappa shape index (κ3) is 9.90. The van der Waals surface area contributed by atoms with E-state index in [0.717, 1.165) is 63.0 Å². The molecule has 0 unspecified atom stereocenters. The highest BCUT2D eigenvalue weighted by Gasteiger charge is 2.43. The molecule has 3 amide bonds. The van der Waals surface area contributed by atoms with Crippen molar-refractivity contribution in [3.8, 4) is 5.75 Å². The molecule has 2 atom stereocenters. The fraction of sp³-hybridized carbons (Fsp3) is 0.513. The molecule has 3 heterocycles. The van der Waals surface area contributed by atoms with E-state index in [1.165, 1.54) is 16.9 Å². The molecule has 6 rings (SSSR count). The van der Waals surface area contributed by atoms with Gasteiger partial charge in [-0.25, -0.2) is 4.79 Å². The number of hydrogen-bond donors (Lipinski definition) is 3. The number of nitrogens with zero attached hydrogens (tertiary/aromatic N) is 3.